The molecule has 0 spiro atoms. The number of benzene rings is 1. The lowest BCUT2D eigenvalue weighted by molar-refractivity contribution is -0.145. The summed E-state index contributed by atoms with van der Waals surface area (Å²) in [5, 5.41) is 0. The fraction of sp³-hybridized carbons (Fsp3) is 0.533. The van der Waals surface area contributed by atoms with Crippen molar-refractivity contribution in [1.29, 1.82) is 0 Å². The van der Waals surface area contributed by atoms with Crippen LogP contribution >= 0.6 is 0 Å². The lowest BCUT2D eigenvalue weighted by Crippen LogP contribution is -2.49. The average Bonchev–Trinajstić information content (AvgIpc) is 2.39. The minimum Gasteiger partial charge on any atom is -0.496 e. The third kappa shape index (κ3) is 2.67. The van der Waals surface area contributed by atoms with Gasteiger partial charge in [-0.3, -0.25) is 0 Å². The summed E-state index contributed by atoms with van der Waals surface area (Å²) in [6.07, 6.45) is 0. The maximum Gasteiger partial charge on any atom is 0.331 e. The number of rotatable bonds is 4. The van der Waals surface area contributed by atoms with Crippen molar-refractivity contribution in [3.8, 4) is 5.75 Å². The first-order valence-electron chi connectivity index (χ1n) is 6.23. The standard InChI is InChI=1S/C15H23NO3/c1-10-11(2)13(18-6)9-8-12(10)16(5)15(3,4)14(17)19-7/h8-9H,1-7H3. The van der Waals surface area contributed by atoms with Crippen LogP contribution in [-0.2, 0) is 9.53 Å². The third-order valence-electron chi connectivity index (χ3n) is 3.81. The van der Waals surface area contributed by atoms with Gasteiger partial charge in [-0.2, -0.15) is 0 Å². The van der Waals surface area contributed by atoms with E-state index in [1.54, 1.807) is 7.11 Å². The van der Waals surface area contributed by atoms with Crippen LogP contribution in [-0.4, -0.2) is 32.8 Å². The van der Waals surface area contributed by atoms with E-state index in [9.17, 15) is 4.79 Å². The molecule has 19 heavy (non-hydrogen) atoms. The van der Waals surface area contributed by atoms with Gasteiger partial charge in [-0.15, -0.1) is 0 Å². The molecule has 0 bridgehead atoms. The van der Waals surface area contributed by atoms with Crippen molar-refractivity contribution in [2.24, 2.45) is 0 Å². The molecule has 0 aromatic heterocycles. The Morgan fingerprint density at radius 2 is 1.74 bits per heavy atom. The smallest absolute Gasteiger partial charge is 0.331 e. The average molecular weight is 265 g/mol. The molecule has 0 saturated carbocycles. The van der Waals surface area contributed by atoms with Gasteiger partial charge in [0.2, 0.25) is 0 Å². The Morgan fingerprint density at radius 1 is 1.16 bits per heavy atom. The normalized spacial score (nSPS) is 11.1. The second-order valence-electron chi connectivity index (χ2n) is 5.15. The predicted molar refractivity (Wildman–Crippen MR) is 77.0 cm³/mol. The third-order valence-corrected chi connectivity index (χ3v) is 3.81. The summed E-state index contributed by atoms with van der Waals surface area (Å²) >= 11 is 0. The van der Waals surface area contributed by atoms with Gasteiger partial charge >= 0.3 is 5.97 Å². The maximum absolute atomic E-state index is 11.9. The minimum atomic E-state index is -0.722. The molecule has 1 aromatic carbocycles. The predicted octanol–water partition coefficient (Wildman–Crippen LogP) is 2.70. The number of nitrogens with zero attached hydrogens (tertiary/aromatic N) is 1. The fourth-order valence-corrected chi connectivity index (χ4v) is 2.05. The quantitative estimate of drug-likeness (QED) is 0.785. The highest BCUT2D eigenvalue weighted by Crippen LogP contribution is 2.32. The molecular formula is C15H23NO3. The zero-order chi connectivity index (χ0) is 14.8. The van der Waals surface area contributed by atoms with Crippen LogP contribution in [0.3, 0.4) is 0 Å². The van der Waals surface area contributed by atoms with Crippen molar-refractivity contribution in [3.63, 3.8) is 0 Å². The van der Waals surface area contributed by atoms with Crippen LogP contribution in [0.4, 0.5) is 5.69 Å². The summed E-state index contributed by atoms with van der Waals surface area (Å²) in [6.45, 7) is 7.73. The Morgan fingerprint density at radius 3 is 2.21 bits per heavy atom. The molecule has 0 aliphatic rings. The van der Waals surface area contributed by atoms with Crippen molar-refractivity contribution >= 4 is 11.7 Å². The van der Waals surface area contributed by atoms with Crippen molar-refractivity contribution in [3.05, 3.63) is 23.3 Å². The van der Waals surface area contributed by atoms with Crippen molar-refractivity contribution in [2.75, 3.05) is 26.2 Å². The number of carbonyl (C=O) groups excluding carboxylic acids is 1. The highest BCUT2D eigenvalue weighted by Gasteiger charge is 2.34. The number of hydrogen-bond donors (Lipinski definition) is 0. The Balaban J connectivity index is 3.24. The van der Waals surface area contributed by atoms with Crippen LogP contribution in [0.15, 0.2) is 12.1 Å². The number of ether oxygens (including phenoxy) is 2. The summed E-state index contributed by atoms with van der Waals surface area (Å²) in [5.74, 6) is 0.591. The van der Waals surface area contributed by atoms with Crippen molar-refractivity contribution in [1.82, 2.24) is 0 Å². The van der Waals surface area contributed by atoms with Crippen LogP contribution in [0.1, 0.15) is 25.0 Å². The molecule has 0 N–H and O–H groups in total. The molecule has 0 heterocycles. The van der Waals surface area contributed by atoms with Crippen LogP contribution < -0.4 is 9.64 Å². The van der Waals surface area contributed by atoms with Gasteiger partial charge < -0.3 is 14.4 Å². The SMILES string of the molecule is COC(=O)C(C)(C)N(C)c1ccc(OC)c(C)c1C. The van der Waals surface area contributed by atoms with E-state index in [0.29, 0.717) is 0 Å². The molecule has 4 nitrogen and oxygen atoms in total. The van der Waals surface area contributed by atoms with Gasteiger partial charge in [-0.1, -0.05) is 0 Å². The van der Waals surface area contributed by atoms with Crippen molar-refractivity contribution < 1.29 is 14.3 Å². The van der Waals surface area contributed by atoms with Gasteiger partial charge in [0, 0.05) is 12.7 Å². The van der Waals surface area contributed by atoms with Gasteiger partial charge in [0.25, 0.3) is 0 Å². The van der Waals surface area contributed by atoms with Crippen LogP contribution in [0.2, 0.25) is 0 Å². The number of esters is 1. The first-order chi connectivity index (χ1) is 8.77. The molecule has 0 aliphatic carbocycles. The molecule has 0 amide bonds. The van der Waals surface area contributed by atoms with E-state index in [1.807, 2.05) is 51.8 Å². The molecule has 106 valence electrons. The highest BCUT2D eigenvalue weighted by molar-refractivity contribution is 5.84. The summed E-state index contributed by atoms with van der Waals surface area (Å²) in [5.41, 5.74) is 2.45. The molecule has 0 fully saturated rings. The lowest BCUT2D eigenvalue weighted by atomic mass is 9.99. The molecule has 1 rings (SSSR count). The second kappa shape index (κ2) is 5.51. The Labute approximate surface area is 115 Å². The van der Waals surface area contributed by atoms with Crippen LogP contribution in [0, 0.1) is 13.8 Å². The van der Waals surface area contributed by atoms with E-state index < -0.39 is 5.54 Å². The lowest BCUT2D eigenvalue weighted by Gasteiger charge is -2.36. The zero-order valence-electron chi connectivity index (χ0n) is 12.8. The highest BCUT2D eigenvalue weighted by atomic mass is 16.5. The molecule has 1 aromatic rings. The first-order valence-corrected chi connectivity index (χ1v) is 6.23. The minimum absolute atomic E-state index is 0.261. The molecule has 0 unspecified atom stereocenters. The molecule has 0 radical (unpaired) electrons. The van der Waals surface area contributed by atoms with Gasteiger partial charge in [-0.05, 0) is 51.0 Å². The van der Waals surface area contributed by atoms with E-state index in [1.165, 1.54) is 7.11 Å². The topological polar surface area (TPSA) is 38.8 Å². The number of hydrogen-bond acceptors (Lipinski definition) is 4. The van der Waals surface area contributed by atoms with Crippen molar-refractivity contribution in [2.45, 2.75) is 33.2 Å². The molecule has 0 saturated heterocycles. The molecular weight excluding hydrogens is 242 g/mol. The van der Waals surface area contributed by atoms with Gasteiger partial charge in [0.05, 0.1) is 14.2 Å². The second-order valence-corrected chi connectivity index (χ2v) is 5.15. The van der Waals surface area contributed by atoms with E-state index in [2.05, 4.69) is 0 Å². The van der Waals surface area contributed by atoms with Crippen LogP contribution in [0.5, 0.6) is 5.75 Å². The van der Waals surface area contributed by atoms with Gasteiger partial charge in [-0.25, -0.2) is 4.79 Å². The molecule has 0 atom stereocenters. The molecule has 4 heteroatoms. The summed E-state index contributed by atoms with van der Waals surface area (Å²) in [6, 6.07) is 3.88. The Hall–Kier alpha value is -1.71. The first kappa shape index (κ1) is 15.3. The van der Waals surface area contributed by atoms with E-state index >= 15 is 0 Å². The summed E-state index contributed by atoms with van der Waals surface area (Å²) < 4.78 is 10.2. The summed E-state index contributed by atoms with van der Waals surface area (Å²) in [4.78, 5) is 13.8. The monoisotopic (exact) mass is 265 g/mol. The Kier molecular flexibility index (Phi) is 4.45. The van der Waals surface area contributed by atoms with E-state index in [0.717, 1.165) is 22.6 Å². The van der Waals surface area contributed by atoms with E-state index in [4.69, 9.17) is 9.47 Å². The number of anilines is 1. The number of likely N-dealkylation sites (N-methyl/N-ethyl adjacent to an activating group) is 1. The van der Waals surface area contributed by atoms with Crippen LogP contribution in [0.25, 0.3) is 0 Å². The zero-order valence-corrected chi connectivity index (χ0v) is 12.8. The molecule has 0 aliphatic heterocycles. The fourth-order valence-electron chi connectivity index (χ4n) is 2.05. The summed E-state index contributed by atoms with van der Waals surface area (Å²) in [7, 11) is 4.96. The van der Waals surface area contributed by atoms with Gasteiger partial charge in [0.15, 0.2) is 0 Å². The largest absolute Gasteiger partial charge is 0.496 e. The number of carbonyl (C=O) groups is 1. The maximum atomic E-state index is 11.9. The van der Waals surface area contributed by atoms with E-state index in [-0.39, 0.29) is 5.97 Å². The number of methoxy groups -OCH3 is 2. The van der Waals surface area contributed by atoms with Gasteiger partial charge in [0.1, 0.15) is 11.3 Å². The Bertz CT molecular complexity index is 481.